The number of aryl methyl sites for hydroxylation is 2. The first-order chi connectivity index (χ1) is 12.9. The Hall–Kier alpha value is -3.46. The minimum atomic E-state index is -1.40. The number of carbonyl (C=O) groups excluding carboxylic acids is 2. The first-order valence-corrected chi connectivity index (χ1v) is 8.30. The van der Waals surface area contributed by atoms with Crippen LogP contribution in [0.25, 0.3) is 11.1 Å². The first kappa shape index (κ1) is 18.3. The van der Waals surface area contributed by atoms with Crippen LogP contribution in [0.4, 0.5) is 5.82 Å². The molecule has 0 saturated carbocycles. The second-order valence-corrected chi connectivity index (χ2v) is 6.07. The molecule has 0 aliphatic carbocycles. The van der Waals surface area contributed by atoms with Crippen LogP contribution in [-0.2, 0) is 11.8 Å². The molecular formula is C18H20N6O3. The number of H-pyrrole nitrogens is 1. The number of aliphatic hydroxyl groups excluding tert-OH is 1. The average Bonchev–Trinajstić information content (AvgIpc) is 3.27. The molecule has 0 fully saturated rings. The zero-order valence-electron chi connectivity index (χ0n) is 14.9. The van der Waals surface area contributed by atoms with Gasteiger partial charge in [-0.1, -0.05) is 12.1 Å². The molecule has 0 saturated heterocycles. The number of hydrogen-bond acceptors (Lipinski definition) is 5. The Bertz CT molecular complexity index is 961. The Kier molecular flexibility index (Phi) is 5.32. The van der Waals surface area contributed by atoms with Crippen molar-refractivity contribution in [3.05, 3.63) is 54.2 Å². The zero-order chi connectivity index (χ0) is 19.4. The minimum absolute atomic E-state index is 0.217. The number of nitrogens with one attached hydrogen (secondary N) is 3. The van der Waals surface area contributed by atoms with Gasteiger partial charge in [-0.3, -0.25) is 14.3 Å². The van der Waals surface area contributed by atoms with Crippen molar-refractivity contribution < 1.29 is 14.7 Å². The van der Waals surface area contributed by atoms with Crippen molar-refractivity contribution in [1.82, 2.24) is 25.1 Å². The summed E-state index contributed by atoms with van der Waals surface area (Å²) in [4.78, 5) is 31.1. The number of hydrogen-bond donors (Lipinski definition) is 4. The fourth-order valence-electron chi connectivity index (χ4n) is 2.49. The Morgan fingerprint density at radius 1 is 1.33 bits per heavy atom. The van der Waals surface area contributed by atoms with Gasteiger partial charge in [0, 0.05) is 30.6 Å². The Morgan fingerprint density at radius 2 is 2.15 bits per heavy atom. The third-order valence-electron chi connectivity index (χ3n) is 3.88. The van der Waals surface area contributed by atoms with Crippen LogP contribution in [0, 0.1) is 6.92 Å². The summed E-state index contributed by atoms with van der Waals surface area (Å²) in [6.07, 6.45) is 3.68. The Balaban J connectivity index is 1.58. The van der Waals surface area contributed by atoms with Gasteiger partial charge in [0.25, 0.3) is 11.8 Å². The minimum Gasteiger partial charge on any atom is -0.381 e. The second-order valence-electron chi connectivity index (χ2n) is 6.07. The van der Waals surface area contributed by atoms with Crippen molar-refractivity contribution in [2.45, 2.75) is 13.0 Å². The molecule has 27 heavy (non-hydrogen) atoms. The summed E-state index contributed by atoms with van der Waals surface area (Å²) in [5.41, 5.74) is 2.16. The molecule has 9 nitrogen and oxygen atoms in total. The number of nitrogens with zero attached hydrogens (tertiary/aromatic N) is 3. The van der Waals surface area contributed by atoms with Gasteiger partial charge in [-0.05, 0) is 24.6 Å². The molecule has 0 bridgehead atoms. The number of rotatable bonds is 6. The fraction of sp³-hybridized carbons (Fsp3) is 0.222. The summed E-state index contributed by atoms with van der Waals surface area (Å²) >= 11 is 0. The smallest absolute Gasteiger partial charge is 0.256 e. The van der Waals surface area contributed by atoms with Crippen molar-refractivity contribution in [2.75, 3.05) is 11.9 Å². The molecular weight excluding hydrogens is 348 g/mol. The van der Waals surface area contributed by atoms with Crippen LogP contribution in [0.5, 0.6) is 0 Å². The van der Waals surface area contributed by atoms with E-state index in [4.69, 9.17) is 0 Å². The quantitative estimate of drug-likeness (QED) is 0.513. The summed E-state index contributed by atoms with van der Waals surface area (Å²) in [5.74, 6) is -0.0808. The second kappa shape index (κ2) is 7.83. The average molecular weight is 368 g/mol. The molecule has 0 radical (unpaired) electrons. The van der Waals surface area contributed by atoms with E-state index in [1.165, 1.54) is 6.20 Å². The molecule has 0 spiro atoms. The summed E-state index contributed by atoms with van der Waals surface area (Å²) in [5, 5.41) is 19.1. The highest BCUT2D eigenvalue weighted by Crippen LogP contribution is 2.19. The first-order valence-electron chi connectivity index (χ1n) is 8.30. The van der Waals surface area contributed by atoms with Crippen LogP contribution < -0.4 is 10.6 Å². The molecule has 2 amide bonds. The third kappa shape index (κ3) is 4.59. The number of imidazole rings is 1. The molecule has 2 heterocycles. The molecule has 0 aliphatic rings. The number of aliphatic hydroxyl groups is 1. The molecule has 3 rings (SSSR count). The van der Waals surface area contributed by atoms with E-state index in [0.717, 1.165) is 11.1 Å². The van der Waals surface area contributed by atoms with Gasteiger partial charge < -0.3 is 20.7 Å². The number of carbonyl (C=O) groups is 2. The van der Waals surface area contributed by atoms with Crippen LogP contribution in [-0.4, -0.2) is 49.3 Å². The van der Waals surface area contributed by atoms with Gasteiger partial charge in [0.2, 0.25) is 0 Å². The van der Waals surface area contributed by atoms with Gasteiger partial charge in [0.15, 0.2) is 5.82 Å². The van der Waals surface area contributed by atoms with Gasteiger partial charge in [-0.25, -0.2) is 4.98 Å². The highest BCUT2D eigenvalue weighted by molar-refractivity contribution is 5.97. The van der Waals surface area contributed by atoms with E-state index in [1.807, 2.05) is 19.3 Å². The van der Waals surface area contributed by atoms with Gasteiger partial charge in [0.1, 0.15) is 11.9 Å². The van der Waals surface area contributed by atoms with Crippen LogP contribution in [0.1, 0.15) is 16.2 Å². The maximum Gasteiger partial charge on any atom is 0.256 e. The maximum atomic E-state index is 12.3. The lowest BCUT2D eigenvalue weighted by Crippen LogP contribution is -2.39. The SMILES string of the molecule is Cc1nc(NC(=O)C(O)CNC(=O)c2cccc(-c3cnn(C)c3)c2)c[nH]1. The molecule has 1 aromatic carbocycles. The lowest BCUT2D eigenvalue weighted by molar-refractivity contribution is -0.123. The summed E-state index contributed by atoms with van der Waals surface area (Å²) < 4.78 is 1.68. The Morgan fingerprint density at radius 3 is 2.81 bits per heavy atom. The molecule has 3 aromatic rings. The maximum absolute atomic E-state index is 12.3. The number of benzene rings is 1. The van der Waals surface area contributed by atoms with Crippen molar-refractivity contribution in [1.29, 1.82) is 0 Å². The summed E-state index contributed by atoms with van der Waals surface area (Å²) in [7, 11) is 1.82. The zero-order valence-corrected chi connectivity index (χ0v) is 14.9. The largest absolute Gasteiger partial charge is 0.381 e. The lowest BCUT2D eigenvalue weighted by Gasteiger charge is -2.11. The normalized spacial score (nSPS) is 11.8. The number of aromatic nitrogens is 4. The van der Waals surface area contributed by atoms with Crippen molar-refractivity contribution >= 4 is 17.6 Å². The number of aromatic amines is 1. The lowest BCUT2D eigenvalue weighted by atomic mass is 10.1. The van der Waals surface area contributed by atoms with Crippen LogP contribution in [0.2, 0.25) is 0 Å². The molecule has 9 heteroatoms. The van der Waals surface area contributed by atoms with Crippen LogP contribution in [0.15, 0.2) is 42.9 Å². The monoisotopic (exact) mass is 368 g/mol. The predicted octanol–water partition coefficient (Wildman–Crippen LogP) is 0.848. The van der Waals surface area contributed by atoms with E-state index < -0.39 is 12.0 Å². The van der Waals surface area contributed by atoms with Crippen molar-refractivity contribution in [2.24, 2.45) is 7.05 Å². The van der Waals surface area contributed by atoms with Gasteiger partial charge in [0.05, 0.1) is 12.7 Å². The molecule has 0 aliphatic heterocycles. The molecule has 2 aromatic heterocycles. The van der Waals surface area contributed by atoms with Crippen LogP contribution >= 0.6 is 0 Å². The van der Waals surface area contributed by atoms with Gasteiger partial charge >= 0.3 is 0 Å². The third-order valence-corrected chi connectivity index (χ3v) is 3.88. The Labute approximate surface area is 155 Å². The number of amides is 2. The molecule has 1 atom stereocenters. The molecule has 4 N–H and O–H groups in total. The summed E-state index contributed by atoms with van der Waals surface area (Å²) in [6, 6.07) is 7.03. The molecule has 140 valence electrons. The van der Waals surface area contributed by atoms with E-state index in [-0.39, 0.29) is 12.5 Å². The van der Waals surface area contributed by atoms with E-state index in [2.05, 4.69) is 25.7 Å². The van der Waals surface area contributed by atoms with Gasteiger partial charge in [-0.15, -0.1) is 0 Å². The highest BCUT2D eigenvalue weighted by atomic mass is 16.3. The topological polar surface area (TPSA) is 125 Å². The van der Waals surface area contributed by atoms with E-state index >= 15 is 0 Å². The van der Waals surface area contributed by atoms with Crippen molar-refractivity contribution in [3.8, 4) is 11.1 Å². The molecule has 1 unspecified atom stereocenters. The summed E-state index contributed by atoms with van der Waals surface area (Å²) in [6.45, 7) is 1.52. The van der Waals surface area contributed by atoms with E-state index in [1.54, 1.807) is 36.0 Å². The highest BCUT2D eigenvalue weighted by Gasteiger charge is 2.18. The standard InChI is InChI=1S/C18H20N6O3/c1-11-19-9-16(22-11)23-18(27)15(25)8-20-17(26)13-5-3-4-12(6-13)14-7-21-24(2)10-14/h3-7,9-10,15,25H,8H2,1-2H3,(H,19,22)(H,20,26)(H,23,27). The van der Waals surface area contributed by atoms with Crippen molar-refractivity contribution in [3.63, 3.8) is 0 Å². The van der Waals surface area contributed by atoms with Gasteiger partial charge in [-0.2, -0.15) is 5.10 Å². The predicted molar refractivity (Wildman–Crippen MR) is 98.9 cm³/mol. The van der Waals surface area contributed by atoms with E-state index in [9.17, 15) is 14.7 Å². The fourth-order valence-corrected chi connectivity index (χ4v) is 2.49. The van der Waals surface area contributed by atoms with E-state index in [0.29, 0.717) is 17.2 Å². The van der Waals surface area contributed by atoms with Crippen LogP contribution in [0.3, 0.4) is 0 Å². The number of anilines is 1.